The molecule has 0 radical (unpaired) electrons. The average molecular weight is 578 g/mol. The predicted octanol–water partition coefficient (Wildman–Crippen LogP) is 3.88. The molecular formula is C32H36FN3O6. The van der Waals surface area contributed by atoms with Crippen molar-refractivity contribution in [2.45, 2.75) is 64.1 Å². The van der Waals surface area contributed by atoms with Gasteiger partial charge in [-0.2, -0.15) is 0 Å². The maximum absolute atomic E-state index is 14.0. The number of nitrogens with zero attached hydrogens (tertiary/aromatic N) is 2. The van der Waals surface area contributed by atoms with Crippen LogP contribution in [0.3, 0.4) is 0 Å². The van der Waals surface area contributed by atoms with Crippen LogP contribution in [0.2, 0.25) is 0 Å². The van der Waals surface area contributed by atoms with Gasteiger partial charge >= 0.3 is 5.97 Å². The first kappa shape index (κ1) is 31.0. The van der Waals surface area contributed by atoms with Crippen molar-refractivity contribution in [3.05, 3.63) is 76.5 Å². The van der Waals surface area contributed by atoms with Crippen LogP contribution < -0.4 is 5.32 Å². The van der Waals surface area contributed by atoms with E-state index in [1.54, 1.807) is 24.3 Å². The highest BCUT2D eigenvalue weighted by Gasteiger charge is 2.26. The van der Waals surface area contributed by atoms with Crippen molar-refractivity contribution in [2.75, 3.05) is 13.2 Å². The number of fused-ring (bicyclic) bond motifs is 3. The monoisotopic (exact) mass is 577 g/mol. The van der Waals surface area contributed by atoms with E-state index < -0.39 is 24.6 Å². The normalized spacial score (nSPS) is 14.3. The zero-order chi connectivity index (χ0) is 30.4. The Bertz CT molecular complexity index is 1470. The molecule has 10 heteroatoms. The van der Waals surface area contributed by atoms with Gasteiger partial charge in [0.1, 0.15) is 11.5 Å². The van der Waals surface area contributed by atoms with Gasteiger partial charge in [-0.3, -0.25) is 14.6 Å². The fourth-order valence-corrected chi connectivity index (χ4v) is 5.25. The molecule has 9 nitrogen and oxygen atoms in total. The lowest BCUT2D eigenvalue weighted by Gasteiger charge is -2.22. The maximum Gasteiger partial charge on any atom is 0.305 e. The Hall–Kier alpha value is -3.99. The van der Waals surface area contributed by atoms with E-state index in [4.69, 9.17) is 15.2 Å². The van der Waals surface area contributed by atoms with Gasteiger partial charge in [-0.25, -0.2) is 9.37 Å². The Morgan fingerprint density at radius 2 is 1.81 bits per heavy atom. The van der Waals surface area contributed by atoms with E-state index in [0.29, 0.717) is 12.8 Å². The molecular weight excluding hydrogens is 541 g/mol. The molecule has 0 unspecified atom stereocenters. The van der Waals surface area contributed by atoms with Crippen molar-refractivity contribution in [3.8, 4) is 22.4 Å². The molecule has 1 amide bonds. The highest BCUT2D eigenvalue weighted by molar-refractivity contribution is 5.93. The second kappa shape index (κ2) is 13.8. The number of aliphatic hydroxyl groups excluding tert-OH is 3. The summed E-state index contributed by atoms with van der Waals surface area (Å²) in [6.07, 6.45) is 2.33. The van der Waals surface area contributed by atoms with Gasteiger partial charge in [0, 0.05) is 24.1 Å². The number of hydrogen-bond donors (Lipinski definition) is 5. The molecule has 2 heterocycles. The molecule has 42 heavy (non-hydrogen) atoms. The lowest BCUT2D eigenvalue weighted by atomic mass is 9.86. The lowest BCUT2D eigenvalue weighted by Crippen LogP contribution is -2.27. The summed E-state index contributed by atoms with van der Waals surface area (Å²) in [4.78, 5) is 33.2. The zero-order valence-electron chi connectivity index (χ0n) is 23.7. The number of carboxylic acid groups (broad SMARTS) is 1. The minimum Gasteiger partial charge on any atom is -0.481 e. The molecule has 2 aromatic heterocycles. The standard InChI is InChI=1S/C32H36FN3O6/c1-18(2)30-25(11-10-21(38)16-22(39)17-28(40)41)29(19-6-8-20(33)9-7-19)24-4-3-5-26-23(31(24)36-30)12-13-27(35-26)32(42)34-14-15-37/h6-13,18,21-22,37-39H,3-5,14-17H2,1-2H3,(H,34,42)(H,40,41)/b11-10+/t21-,22-/m1/s1. The number of pyridine rings is 2. The molecule has 5 N–H and O–H groups in total. The number of carbonyl (C=O) groups excluding carboxylic acids is 1. The molecule has 2 atom stereocenters. The van der Waals surface area contributed by atoms with E-state index >= 15 is 0 Å². The van der Waals surface area contributed by atoms with Gasteiger partial charge < -0.3 is 25.7 Å². The fraction of sp³-hybridized carbons (Fsp3) is 0.375. The summed E-state index contributed by atoms with van der Waals surface area (Å²) < 4.78 is 14.0. The Labute approximate surface area is 243 Å². The van der Waals surface area contributed by atoms with Crippen molar-refractivity contribution in [3.63, 3.8) is 0 Å². The largest absolute Gasteiger partial charge is 0.481 e. The molecule has 0 saturated heterocycles. The Morgan fingerprint density at radius 3 is 2.48 bits per heavy atom. The van der Waals surface area contributed by atoms with Crippen LogP contribution in [-0.2, 0) is 17.6 Å². The quantitative estimate of drug-likeness (QED) is 0.230. The van der Waals surface area contributed by atoms with Gasteiger partial charge in [-0.05, 0) is 66.1 Å². The number of aliphatic carboxylic acids is 1. The zero-order valence-corrected chi connectivity index (χ0v) is 23.7. The van der Waals surface area contributed by atoms with Crippen LogP contribution >= 0.6 is 0 Å². The van der Waals surface area contributed by atoms with Crippen LogP contribution in [0.5, 0.6) is 0 Å². The molecule has 222 valence electrons. The number of nitrogens with one attached hydrogen (secondary N) is 1. The van der Waals surface area contributed by atoms with Gasteiger partial charge in [0.15, 0.2) is 0 Å². The number of aromatic nitrogens is 2. The SMILES string of the molecule is CC(C)c1nc2c(c(-c3ccc(F)cc3)c1/C=C/[C@@H](O)C[C@@H](O)CC(=O)O)CCCc1nc(C(=O)NCCO)ccc1-2. The highest BCUT2D eigenvalue weighted by atomic mass is 19.1. The van der Waals surface area contributed by atoms with E-state index in [1.807, 2.05) is 19.9 Å². The number of aliphatic hydroxyl groups is 3. The van der Waals surface area contributed by atoms with Crippen LogP contribution in [-0.4, -0.2) is 67.6 Å². The topological polar surface area (TPSA) is 153 Å². The summed E-state index contributed by atoms with van der Waals surface area (Å²) in [7, 11) is 0. The number of aryl methyl sites for hydroxylation is 1. The molecule has 3 aromatic rings. The summed E-state index contributed by atoms with van der Waals surface area (Å²) >= 11 is 0. The van der Waals surface area contributed by atoms with Gasteiger partial charge in [0.25, 0.3) is 5.91 Å². The summed E-state index contributed by atoms with van der Waals surface area (Å²) in [5.74, 6) is -1.94. The number of hydrogen-bond acceptors (Lipinski definition) is 7. The predicted molar refractivity (Wildman–Crippen MR) is 156 cm³/mol. The lowest BCUT2D eigenvalue weighted by molar-refractivity contribution is -0.139. The first-order chi connectivity index (χ1) is 20.1. The highest BCUT2D eigenvalue weighted by Crippen LogP contribution is 2.41. The van der Waals surface area contributed by atoms with Crippen LogP contribution in [0.1, 0.15) is 72.0 Å². The molecule has 0 spiro atoms. The van der Waals surface area contributed by atoms with Crippen LogP contribution in [0.25, 0.3) is 28.5 Å². The molecule has 1 aliphatic rings. The molecule has 0 saturated carbocycles. The molecule has 0 bridgehead atoms. The Morgan fingerprint density at radius 1 is 1.07 bits per heavy atom. The average Bonchev–Trinajstić information content (AvgIpc) is 3.12. The molecule has 1 aliphatic carbocycles. The molecule has 4 rings (SSSR count). The third kappa shape index (κ3) is 7.25. The van der Waals surface area contributed by atoms with Gasteiger partial charge in [-0.1, -0.05) is 38.1 Å². The first-order valence-electron chi connectivity index (χ1n) is 14.1. The third-order valence-corrected chi connectivity index (χ3v) is 7.15. The molecule has 0 fully saturated rings. The summed E-state index contributed by atoms with van der Waals surface area (Å²) in [6.45, 7) is 3.95. The fourth-order valence-electron chi connectivity index (χ4n) is 5.25. The van der Waals surface area contributed by atoms with Crippen molar-refractivity contribution in [2.24, 2.45) is 0 Å². The Balaban J connectivity index is 1.88. The molecule has 1 aromatic carbocycles. The minimum absolute atomic E-state index is 0.0490. The smallest absolute Gasteiger partial charge is 0.305 e. The summed E-state index contributed by atoms with van der Waals surface area (Å²) in [5.41, 5.74) is 6.57. The summed E-state index contributed by atoms with van der Waals surface area (Å²) in [6, 6.07) is 9.68. The van der Waals surface area contributed by atoms with Gasteiger partial charge in [-0.15, -0.1) is 0 Å². The molecule has 0 aliphatic heterocycles. The first-order valence-corrected chi connectivity index (χ1v) is 14.1. The maximum atomic E-state index is 14.0. The number of carboxylic acids is 1. The summed E-state index contributed by atoms with van der Waals surface area (Å²) in [5, 5.41) is 41.2. The van der Waals surface area contributed by atoms with Crippen molar-refractivity contribution >= 4 is 18.0 Å². The van der Waals surface area contributed by atoms with Gasteiger partial charge in [0.2, 0.25) is 0 Å². The van der Waals surface area contributed by atoms with Crippen molar-refractivity contribution in [1.29, 1.82) is 0 Å². The number of amides is 1. The van der Waals surface area contributed by atoms with Gasteiger partial charge in [0.05, 0.1) is 42.3 Å². The van der Waals surface area contributed by atoms with Crippen LogP contribution in [0, 0.1) is 5.82 Å². The number of rotatable bonds is 11. The minimum atomic E-state index is -1.20. The van der Waals surface area contributed by atoms with Crippen LogP contribution in [0.15, 0.2) is 42.5 Å². The van der Waals surface area contributed by atoms with Crippen molar-refractivity contribution < 1.29 is 34.4 Å². The van der Waals surface area contributed by atoms with E-state index in [9.17, 15) is 24.2 Å². The Kier molecular flexibility index (Phi) is 10.2. The second-order valence-electron chi connectivity index (χ2n) is 10.7. The number of benzene rings is 1. The van der Waals surface area contributed by atoms with E-state index in [-0.39, 0.29) is 42.9 Å². The number of carbonyl (C=O) groups is 2. The van der Waals surface area contributed by atoms with E-state index in [0.717, 1.165) is 51.3 Å². The third-order valence-electron chi connectivity index (χ3n) is 7.15. The van der Waals surface area contributed by atoms with E-state index in [1.165, 1.54) is 18.2 Å². The number of halogens is 1. The van der Waals surface area contributed by atoms with Crippen molar-refractivity contribution in [1.82, 2.24) is 15.3 Å². The second-order valence-corrected chi connectivity index (χ2v) is 10.7. The van der Waals surface area contributed by atoms with Crippen LogP contribution in [0.4, 0.5) is 4.39 Å². The van der Waals surface area contributed by atoms with E-state index in [2.05, 4.69) is 10.3 Å².